The molecule has 3 heteroatoms. The largest absolute Gasteiger partial charge is 0.550 e. The SMILES string of the molecule is CC(C=O)CCCCC(=O)[O-]. The van der Waals surface area contributed by atoms with Gasteiger partial charge in [-0.05, 0) is 19.3 Å². The van der Waals surface area contributed by atoms with Gasteiger partial charge in [0.25, 0.3) is 0 Å². The normalized spacial score (nSPS) is 12.5. The predicted molar refractivity (Wildman–Crippen MR) is 38.7 cm³/mol. The first-order valence-electron chi connectivity index (χ1n) is 3.82. The Bertz CT molecular complexity index is 131. The van der Waals surface area contributed by atoms with Crippen molar-refractivity contribution in [2.24, 2.45) is 5.92 Å². The van der Waals surface area contributed by atoms with Crippen molar-refractivity contribution in [2.75, 3.05) is 0 Å². The van der Waals surface area contributed by atoms with Crippen LogP contribution in [0.4, 0.5) is 0 Å². The Morgan fingerprint density at radius 3 is 2.64 bits per heavy atom. The summed E-state index contributed by atoms with van der Waals surface area (Å²) in [5, 5.41) is 9.93. The van der Waals surface area contributed by atoms with Crippen molar-refractivity contribution >= 4 is 12.3 Å². The van der Waals surface area contributed by atoms with Crippen LogP contribution in [-0.2, 0) is 9.59 Å². The number of carbonyl (C=O) groups excluding carboxylic acids is 2. The lowest BCUT2D eigenvalue weighted by atomic mass is 10.1. The van der Waals surface area contributed by atoms with E-state index in [1.165, 1.54) is 0 Å². The molecule has 0 heterocycles. The number of hydrogen-bond donors (Lipinski definition) is 0. The lowest BCUT2D eigenvalue weighted by molar-refractivity contribution is -0.305. The Morgan fingerprint density at radius 2 is 2.18 bits per heavy atom. The minimum atomic E-state index is -1.01. The lowest BCUT2D eigenvalue weighted by Gasteiger charge is -2.03. The van der Waals surface area contributed by atoms with E-state index in [9.17, 15) is 14.7 Å². The van der Waals surface area contributed by atoms with E-state index in [4.69, 9.17) is 0 Å². The average Bonchev–Trinajstić information content (AvgIpc) is 1.97. The van der Waals surface area contributed by atoms with Crippen LogP contribution >= 0.6 is 0 Å². The minimum Gasteiger partial charge on any atom is -0.550 e. The summed E-state index contributed by atoms with van der Waals surface area (Å²) in [7, 11) is 0. The van der Waals surface area contributed by atoms with Gasteiger partial charge in [0.15, 0.2) is 0 Å². The van der Waals surface area contributed by atoms with Crippen molar-refractivity contribution in [3.05, 3.63) is 0 Å². The van der Waals surface area contributed by atoms with Gasteiger partial charge in [0.05, 0.1) is 0 Å². The zero-order valence-corrected chi connectivity index (χ0v) is 6.71. The van der Waals surface area contributed by atoms with E-state index in [0.29, 0.717) is 6.42 Å². The molecule has 0 amide bonds. The van der Waals surface area contributed by atoms with E-state index in [-0.39, 0.29) is 12.3 Å². The van der Waals surface area contributed by atoms with Gasteiger partial charge in [0, 0.05) is 11.9 Å². The fraction of sp³-hybridized carbons (Fsp3) is 0.750. The van der Waals surface area contributed by atoms with Gasteiger partial charge in [0.1, 0.15) is 6.29 Å². The Labute approximate surface area is 66.4 Å². The maximum absolute atomic E-state index is 10.1. The molecule has 11 heavy (non-hydrogen) atoms. The maximum atomic E-state index is 10.1. The average molecular weight is 157 g/mol. The number of carbonyl (C=O) groups is 2. The summed E-state index contributed by atoms with van der Waals surface area (Å²) in [6.45, 7) is 1.83. The number of rotatable bonds is 6. The van der Waals surface area contributed by atoms with E-state index >= 15 is 0 Å². The second-order valence-electron chi connectivity index (χ2n) is 2.73. The Hall–Kier alpha value is -0.860. The first-order valence-corrected chi connectivity index (χ1v) is 3.82. The predicted octanol–water partition coefficient (Wildman–Crippen LogP) is 0.132. The van der Waals surface area contributed by atoms with Crippen LogP contribution in [0, 0.1) is 5.92 Å². The number of carboxylic acid groups (broad SMARTS) is 1. The molecule has 0 rings (SSSR count). The van der Waals surface area contributed by atoms with Crippen LogP contribution in [0.5, 0.6) is 0 Å². The zero-order valence-electron chi connectivity index (χ0n) is 6.71. The van der Waals surface area contributed by atoms with E-state index in [0.717, 1.165) is 19.1 Å². The highest BCUT2D eigenvalue weighted by Gasteiger charge is 1.98. The topological polar surface area (TPSA) is 57.2 Å². The summed E-state index contributed by atoms with van der Waals surface area (Å²) >= 11 is 0. The molecule has 0 fully saturated rings. The van der Waals surface area contributed by atoms with Crippen molar-refractivity contribution in [3.63, 3.8) is 0 Å². The molecule has 3 nitrogen and oxygen atoms in total. The molecule has 0 radical (unpaired) electrons. The van der Waals surface area contributed by atoms with Crippen LogP contribution in [0.1, 0.15) is 32.6 Å². The highest BCUT2D eigenvalue weighted by atomic mass is 16.4. The smallest absolute Gasteiger partial charge is 0.122 e. The molecule has 64 valence electrons. The first-order chi connectivity index (χ1) is 5.16. The van der Waals surface area contributed by atoms with Crippen molar-refractivity contribution < 1.29 is 14.7 Å². The minimum absolute atomic E-state index is 0.0526. The third-order valence-electron chi connectivity index (χ3n) is 1.52. The molecular weight excluding hydrogens is 144 g/mol. The standard InChI is InChI=1S/C8H14O3/c1-7(6-9)4-2-3-5-8(10)11/h6-7H,2-5H2,1H3,(H,10,11)/p-1. The summed E-state index contributed by atoms with van der Waals surface area (Å²) in [6, 6.07) is 0. The van der Waals surface area contributed by atoms with Crippen molar-refractivity contribution in [1.29, 1.82) is 0 Å². The fourth-order valence-corrected chi connectivity index (χ4v) is 0.804. The van der Waals surface area contributed by atoms with Crippen LogP contribution in [0.3, 0.4) is 0 Å². The molecule has 0 aromatic heterocycles. The van der Waals surface area contributed by atoms with Gasteiger partial charge in [-0.2, -0.15) is 0 Å². The van der Waals surface area contributed by atoms with Crippen LogP contribution in [-0.4, -0.2) is 12.3 Å². The van der Waals surface area contributed by atoms with Gasteiger partial charge in [-0.15, -0.1) is 0 Å². The van der Waals surface area contributed by atoms with Crippen molar-refractivity contribution in [1.82, 2.24) is 0 Å². The summed E-state index contributed by atoms with van der Waals surface area (Å²) < 4.78 is 0. The zero-order chi connectivity index (χ0) is 8.69. The number of aliphatic carboxylic acids is 1. The van der Waals surface area contributed by atoms with Gasteiger partial charge in [0.2, 0.25) is 0 Å². The van der Waals surface area contributed by atoms with Crippen LogP contribution in [0.25, 0.3) is 0 Å². The molecule has 1 unspecified atom stereocenters. The molecule has 0 aliphatic carbocycles. The Morgan fingerprint density at radius 1 is 1.55 bits per heavy atom. The van der Waals surface area contributed by atoms with Crippen LogP contribution in [0.2, 0.25) is 0 Å². The highest BCUT2D eigenvalue weighted by Crippen LogP contribution is 2.06. The number of hydrogen-bond acceptors (Lipinski definition) is 3. The molecule has 0 aliphatic heterocycles. The molecule has 0 saturated heterocycles. The Kier molecular flexibility index (Phi) is 5.43. The molecule has 0 spiro atoms. The highest BCUT2D eigenvalue weighted by molar-refractivity contribution is 5.64. The van der Waals surface area contributed by atoms with E-state index < -0.39 is 5.97 Å². The summed E-state index contributed by atoms with van der Waals surface area (Å²) in [5.74, 6) is -0.958. The van der Waals surface area contributed by atoms with Gasteiger partial charge < -0.3 is 14.7 Å². The third-order valence-corrected chi connectivity index (χ3v) is 1.52. The monoisotopic (exact) mass is 157 g/mol. The second kappa shape index (κ2) is 5.89. The molecule has 0 aliphatic rings. The van der Waals surface area contributed by atoms with Crippen LogP contribution < -0.4 is 5.11 Å². The molecule has 0 aromatic carbocycles. The van der Waals surface area contributed by atoms with Crippen molar-refractivity contribution in [2.45, 2.75) is 32.6 Å². The summed E-state index contributed by atoms with van der Waals surface area (Å²) in [5.41, 5.74) is 0. The maximum Gasteiger partial charge on any atom is 0.122 e. The van der Waals surface area contributed by atoms with Gasteiger partial charge in [-0.3, -0.25) is 0 Å². The molecule has 0 bridgehead atoms. The molecule has 1 atom stereocenters. The quantitative estimate of drug-likeness (QED) is 0.407. The van der Waals surface area contributed by atoms with Gasteiger partial charge in [-0.25, -0.2) is 0 Å². The second-order valence-corrected chi connectivity index (χ2v) is 2.73. The third kappa shape index (κ3) is 7.03. The van der Waals surface area contributed by atoms with Crippen LogP contribution in [0.15, 0.2) is 0 Å². The number of unbranched alkanes of at least 4 members (excludes halogenated alkanes) is 1. The van der Waals surface area contributed by atoms with Gasteiger partial charge in [-0.1, -0.05) is 13.3 Å². The first kappa shape index (κ1) is 10.1. The Balaban J connectivity index is 3.14. The van der Waals surface area contributed by atoms with E-state index in [1.807, 2.05) is 6.92 Å². The fourth-order valence-electron chi connectivity index (χ4n) is 0.804. The van der Waals surface area contributed by atoms with E-state index in [1.54, 1.807) is 0 Å². The summed E-state index contributed by atoms with van der Waals surface area (Å²) in [6.07, 6.45) is 3.16. The summed E-state index contributed by atoms with van der Waals surface area (Å²) in [4.78, 5) is 20.0. The lowest BCUT2D eigenvalue weighted by Crippen LogP contribution is -2.21. The molecule has 0 N–H and O–H groups in total. The molecule has 0 saturated carbocycles. The molecule has 0 aromatic rings. The molecular formula is C8H13O3-. The van der Waals surface area contributed by atoms with Crippen molar-refractivity contribution in [3.8, 4) is 0 Å². The van der Waals surface area contributed by atoms with E-state index in [2.05, 4.69) is 0 Å². The number of aldehydes is 1. The number of carboxylic acids is 1. The van der Waals surface area contributed by atoms with Gasteiger partial charge >= 0.3 is 0 Å².